The van der Waals surface area contributed by atoms with Crippen LogP contribution >= 0.6 is 0 Å². The number of aliphatic carboxylic acids is 1. The molecule has 0 rings (SSSR count). The van der Waals surface area contributed by atoms with Gasteiger partial charge in [0.15, 0.2) is 0 Å². The predicted octanol–water partition coefficient (Wildman–Crippen LogP) is -0.505. The molecule has 0 aromatic rings. The van der Waals surface area contributed by atoms with Gasteiger partial charge in [-0.3, -0.25) is 4.79 Å². The molecule has 0 aliphatic heterocycles. The van der Waals surface area contributed by atoms with Crippen molar-refractivity contribution in [2.24, 2.45) is 0 Å². The number of hydrogen-bond acceptors (Lipinski definition) is 3. The summed E-state index contributed by atoms with van der Waals surface area (Å²) in [4.78, 5) is 19.3. The number of carbonyl (C=O) groups is 2. The SMILES string of the molecule is C=CC(=O)NCO.C=CC(=O)O. The van der Waals surface area contributed by atoms with Crippen LogP contribution < -0.4 is 5.32 Å². The van der Waals surface area contributed by atoms with Gasteiger partial charge >= 0.3 is 5.97 Å². The van der Waals surface area contributed by atoms with Crippen LogP contribution in [-0.2, 0) is 9.59 Å². The van der Waals surface area contributed by atoms with Crippen LogP contribution in [0.3, 0.4) is 0 Å². The van der Waals surface area contributed by atoms with Crippen LogP contribution in [0.25, 0.3) is 0 Å². The first-order chi connectivity index (χ1) is 5.58. The predicted molar refractivity (Wildman–Crippen MR) is 43.3 cm³/mol. The van der Waals surface area contributed by atoms with Crippen LogP contribution in [0.2, 0.25) is 0 Å². The highest BCUT2D eigenvalue weighted by atomic mass is 16.4. The number of carbonyl (C=O) groups excluding carboxylic acids is 1. The molecule has 1 amide bonds. The molecule has 0 aromatic carbocycles. The molecule has 5 nitrogen and oxygen atoms in total. The Kier molecular flexibility index (Phi) is 10.2. The minimum atomic E-state index is -0.981. The van der Waals surface area contributed by atoms with Crippen molar-refractivity contribution in [2.75, 3.05) is 6.73 Å². The van der Waals surface area contributed by atoms with E-state index in [-0.39, 0.29) is 12.6 Å². The molecule has 0 saturated heterocycles. The minimum Gasteiger partial charge on any atom is -0.478 e. The summed E-state index contributed by atoms with van der Waals surface area (Å²) in [5, 5.41) is 17.7. The van der Waals surface area contributed by atoms with Crippen molar-refractivity contribution in [3.05, 3.63) is 25.3 Å². The number of carboxylic acids is 1. The summed E-state index contributed by atoms with van der Waals surface area (Å²) in [7, 11) is 0. The second-order valence-corrected chi connectivity index (χ2v) is 1.45. The van der Waals surface area contributed by atoms with E-state index in [1.54, 1.807) is 0 Å². The first-order valence-corrected chi connectivity index (χ1v) is 2.95. The summed E-state index contributed by atoms with van der Waals surface area (Å²) in [5.74, 6) is -1.34. The van der Waals surface area contributed by atoms with E-state index in [0.29, 0.717) is 0 Å². The van der Waals surface area contributed by atoms with Crippen molar-refractivity contribution >= 4 is 11.9 Å². The fourth-order valence-corrected chi connectivity index (χ4v) is 0.150. The normalized spacial score (nSPS) is 7.08. The Balaban J connectivity index is 0. The summed E-state index contributed by atoms with van der Waals surface area (Å²) in [6.07, 6.45) is 1.93. The molecule has 12 heavy (non-hydrogen) atoms. The molecule has 0 aromatic heterocycles. The lowest BCUT2D eigenvalue weighted by molar-refractivity contribution is -0.131. The van der Waals surface area contributed by atoms with Crippen molar-refractivity contribution in [3.8, 4) is 0 Å². The number of carboxylic acid groups (broad SMARTS) is 1. The fourth-order valence-electron chi connectivity index (χ4n) is 0.150. The molecule has 0 bridgehead atoms. The number of aliphatic hydroxyl groups is 1. The van der Waals surface area contributed by atoms with Crippen LogP contribution in [0.4, 0.5) is 0 Å². The second kappa shape index (κ2) is 9.38. The number of nitrogens with one attached hydrogen (secondary N) is 1. The Bertz CT molecular complexity index is 176. The van der Waals surface area contributed by atoms with E-state index in [4.69, 9.17) is 10.2 Å². The molecular weight excluding hydrogens is 162 g/mol. The van der Waals surface area contributed by atoms with E-state index in [1.165, 1.54) is 0 Å². The Morgan fingerprint density at radius 2 is 1.75 bits per heavy atom. The quantitative estimate of drug-likeness (QED) is 0.396. The van der Waals surface area contributed by atoms with Crippen LogP contribution in [-0.4, -0.2) is 28.8 Å². The summed E-state index contributed by atoms with van der Waals surface area (Å²) >= 11 is 0. The Labute approximate surface area is 70.0 Å². The third-order valence-corrected chi connectivity index (χ3v) is 0.613. The molecule has 0 heterocycles. The Morgan fingerprint density at radius 3 is 1.83 bits per heavy atom. The zero-order valence-electron chi connectivity index (χ0n) is 6.49. The lowest BCUT2D eigenvalue weighted by atomic mass is 10.6. The molecule has 0 aliphatic rings. The first-order valence-electron chi connectivity index (χ1n) is 2.95. The lowest BCUT2D eigenvalue weighted by Crippen LogP contribution is -2.20. The number of aliphatic hydroxyl groups excluding tert-OH is 1. The molecule has 0 atom stereocenters. The van der Waals surface area contributed by atoms with E-state index in [2.05, 4.69) is 18.5 Å². The van der Waals surface area contributed by atoms with E-state index in [9.17, 15) is 9.59 Å². The van der Waals surface area contributed by atoms with Crippen molar-refractivity contribution in [2.45, 2.75) is 0 Å². The number of rotatable bonds is 3. The molecule has 3 N–H and O–H groups in total. The van der Waals surface area contributed by atoms with Crippen LogP contribution in [0.1, 0.15) is 0 Å². The maximum atomic E-state index is 10.0. The summed E-state index contributed by atoms with van der Waals surface area (Å²) in [6, 6.07) is 0. The molecule has 68 valence electrons. The highest BCUT2D eigenvalue weighted by Gasteiger charge is 1.84. The summed E-state index contributed by atoms with van der Waals surface area (Å²) in [5.41, 5.74) is 0. The van der Waals surface area contributed by atoms with Gasteiger partial charge in [0.2, 0.25) is 5.91 Å². The first kappa shape index (κ1) is 13.0. The Morgan fingerprint density at radius 1 is 1.33 bits per heavy atom. The van der Waals surface area contributed by atoms with Gasteiger partial charge in [-0.2, -0.15) is 0 Å². The topological polar surface area (TPSA) is 86.6 Å². The van der Waals surface area contributed by atoms with E-state index >= 15 is 0 Å². The molecule has 0 unspecified atom stereocenters. The van der Waals surface area contributed by atoms with Crippen molar-refractivity contribution in [1.82, 2.24) is 5.32 Å². The average Bonchev–Trinajstić information content (AvgIpc) is 2.06. The van der Waals surface area contributed by atoms with Crippen molar-refractivity contribution < 1.29 is 19.8 Å². The Hall–Kier alpha value is -1.62. The molecule has 0 radical (unpaired) electrons. The molecule has 0 aliphatic carbocycles. The van der Waals surface area contributed by atoms with Gasteiger partial charge in [0.05, 0.1) is 0 Å². The largest absolute Gasteiger partial charge is 0.478 e. The molecule has 0 spiro atoms. The van der Waals surface area contributed by atoms with Gasteiger partial charge in [-0.15, -0.1) is 0 Å². The second-order valence-electron chi connectivity index (χ2n) is 1.45. The molecule has 0 fully saturated rings. The number of hydrogen-bond donors (Lipinski definition) is 3. The van der Waals surface area contributed by atoms with Gasteiger partial charge in [-0.25, -0.2) is 4.79 Å². The van der Waals surface area contributed by atoms with Gasteiger partial charge in [0, 0.05) is 6.08 Å². The van der Waals surface area contributed by atoms with Crippen LogP contribution in [0.15, 0.2) is 25.3 Å². The van der Waals surface area contributed by atoms with Crippen molar-refractivity contribution in [3.63, 3.8) is 0 Å². The molecular formula is C7H11NO4. The number of amides is 1. The standard InChI is InChI=1S/C4H7NO2.C3H4O2/c1-2-4(7)5-3-6;1-2-3(4)5/h2,6H,1,3H2,(H,5,7);2H,1H2,(H,4,5). The maximum absolute atomic E-state index is 10.0. The van der Waals surface area contributed by atoms with Gasteiger partial charge in [0.1, 0.15) is 6.73 Å². The average molecular weight is 173 g/mol. The third kappa shape index (κ3) is 15.8. The molecule has 5 heteroatoms. The van der Waals surface area contributed by atoms with E-state index in [1.807, 2.05) is 0 Å². The van der Waals surface area contributed by atoms with Crippen LogP contribution in [0, 0.1) is 0 Å². The van der Waals surface area contributed by atoms with E-state index < -0.39 is 5.97 Å². The summed E-state index contributed by atoms with van der Waals surface area (Å²) < 4.78 is 0. The lowest BCUT2D eigenvalue weighted by Gasteiger charge is -1.89. The minimum absolute atomic E-state index is 0.329. The van der Waals surface area contributed by atoms with Gasteiger partial charge in [0.25, 0.3) is 0 Å². The highest BCUT2D eigenvalue weighted by molar-refractivity contribution is 5.86. The van der Waals surface area contributed by atoms with Gasteiger partial charge in [-0.1, -0.05) is 13.2 Å². The fraction of sp³-hybridized carbons (Fsp3) is 0.143. The van der Waals surface area contributed by atoms with Crippen LogP contribution in [0.5, 0.6) is 0 Å². The summed E-state index contributed by atoms with van der Waals surface area (Å²) in [6.45, 7) is 5.79. The van der Waals surface area contributed by atoms with E-state index in [0.717, 1.165) is 12.2 Å². The van der Waals surface area contributed by atoms with Crippen molar-refractivity contribution in [1.29, 1.82) is 0 Å². The third-order valence-electron chi connectivity index (χ3n) is 0.613. The monoisotopic (exact) mass is 173 g/mol. The maximum Gasteiger partial charge on any atom is 0.327 e. The highest BCUT2D eigenvalue weighted by Crippen LogP contribution is 1.59. The van der Waals surface area contributed by atoms with Gasteiger partial charge < -0.3 is 15.5 Å². The van der Waals surface area contributed by atoms with Gasteiger partial charge in [-0.05, 0) is 6.08 Å². The zero-order chi connectivity index (χ0) is 9.98. The smallest absolute Gasteiger partial charge is 0.327 e. The molecule has 0 saturated carbocycles. The zero-order valence-corrected chi connectivity index (χ0v) is 6.49.